The number of carbonyl (C=O) groups is 1. The fourth-order valence-electron chi connectivity index (χ4n) is 1.86. The fraction of sp³-hybridized carbons (Fsp3) is 0.0667. The number of hydrazone groups is 1. The lowest BCUT2D eigenvalue weighted by atomic mass is 10.2. The first-order chi connectivity index (χ1) is 10.6. The third-order valence-electron chi connectivity index (χ3n) is 2.97. The van der Waals surface area contributed by atoms with Gasteiger partial charge >= 0.3 is 0 Å². The number of carbonyl (C=O) groups excluding carboxylic acids is 1. The summed E-state index contributed by atoms with van der Waals surface area (Å²) in [6.07, 6.45) is 1.53. The Morgan fingerprint density at radius 1 is 1.23 bits per heavy atom. The van der Waals surface area contributed by atoms with Crippen LogP contribution >= 0.6 is 27.5 Å². The molecule has 0 aromatic heterocycles. The topological polar surface area (TPSA) is 59.9 Å². The molecule has 2 aromatic carbocycles. The van der Waals surface area contributed by atoms with E-state index in [9.17, 15) is 4.79 Å². The van der Waals surface area contributed by atoms with Gasteiger partial charge in [-0.25, -0.2) is 5.43 Å². The molecule has 0 atom stereocenters. The summed E-state index contributed by atoms with van der Waals surface area (Å²) in [5.41, 5.74) is 3.70. The molecule has 0 saturated heterocycles. The van der Waals surface area contributed by atoms with Crippen LogP contribution in [-0.4, -0.2) is 18.9 Å². The Bertz CT molecular complexity index is 747. The largest absolute Gasteiger partial charge is 0.454 e. The maximum absolute atomic E-state index is 11.9. The van der Waals surface area contributed by atoms with Crippen LogP contribution < -0.4 is 14.9 Å². The number of hydrogen-bond acceptors (Lipinski definition) is 4. The van der Waals surface area contributed by atoms with Gasteiger partial charge in [0.05, 0.1) is 6.21 Å². The molecule has 0 radical (unpaired) electrons. The van der Waals surface area contributed by atoms with E-state index in [2.05, 4.69) is 26.5 Å². The Kier molecular flexibility index (Phi) is 4.31. The summed E-state index contributed by atoms with van der Waals surface area (Å²) in [6, 6.07) is 10.1. The smallest absolute Gasteiger partial charge is 0.271 e. The predicted octanol–water partition coefficient (Wildman–Crippen LogP) is 3.60. The van der Waals surface area contributed by atoms with Gasteiger partial charge in [0.1, 0.15) is 0 Å². The normalized spacial score (nSPS) is 12.6. The van der Waals surface area contributed by atoms with Gasteiger partial charge in [0.25, 0.3) is 5.91 Å². The quantitative estimate of drug-likeness (QED) is 0.653. The van der Waals surface area contributed by atoms with Gasteiger partial charge in [0.15, 0.2) is 11.5 Å². The first-order valence-corrected chi connectivity index (χ1v) is 7.49. The molecule has 0 saturated carbocycles. The van der Waals surface area contributed by atoms with E-state index in [1.165, 1.54) is 6.21 Å². The van der Waals surface area contributed by atoms with E-state index in [1.807, 2.05) is 0 Å². The summed E-state index contributed by atoms with van der Waals surface area (Å²) in [5, 5.41) is 4.52. The Balaban J connectivity index is 1.70. The van der Waals surface area contributed by atoms with Crippen molar-refractivity contribution in [3.63, 3.8) is 0 Å². The van der Waals surface area contributed by atoms with Gasteiger partial charge in [-0.1, -0.05) is 11.6 Å². The Morgan fingerprint density at radius 2 is 1.91 bits per heavy atom. The minimum atomic E-state index is -0.315. The van der Waals surface area contributed by atoms with Gasteiger partial charge < -0.3 is 9.47 Å². The zero-order chi connectivity index (χ0) is 15.5. The van der Waals surface area contributed by atoms with Crippen molar-refractivity contribution in [1.82, 2.24) is 5.43 Å². The van der Waals surface area contributed by atoms with Crippen LogP contribution in [0.5, 0.6) is 11.5 Å². The molecule has 0 fully saturated rings. The zero-order valence-corrected chi connectivity index (χ0v) is 13.5. The van der Waals surface area contributed by atoms with Crippen molar-refractivity contribution >= 4 is 39.7 Å². The number of rotatable bonds is 3. The van der Waals surface area contributed by atoms with Crippen LogP contribution in [-0.2, 0) is 0 Å². The molecule has 1 amide bonds. The van der Waals surface area contributed by atoms with Gasteiger partial charge in [0.2, 0.25) is 6.79 Å². The van der Waals surface area contributed by atoms with E-state index in [1.54, 1.807) is 36.4 Å². The second-order valence-corrected chi connectivity index (χ2v) is 5.72. The highest BCUT2D eigenvalue weighted by atomic mass is 79.9. The van der Waals surface area contributed by atoms with Crippen LogP contribution in [0, 0.1) is 0 Å². The summed E-state index contributed by atoms with van der Waals surface area (Å²) in [5.74, 6) is 1.01. The summed E-state index contributed by atoms with van der Waals surface area (Å²) in [6.45, 7) is 0.204. The Morgan fingerprint density at radius 3 is 2.64 bits per heavy atom. The molecule has 0 spiro atoms. The van der Waals surface area contributed by atoms with Crippen molar-refractivity contribution in [3.8, 4) is 11.5 Å². The van der Waals surface area contributed by atoms with Crippen molar-refractivity contribution < 1.29 is 14.3 Å². The minimum absolute atomic E-state index is 0.204. The molecule has 5 nitrogen and oxygen atoms in total. The maximum Gasteiger partial charge on any atom is 0.271 e. The highest BCUT2D eigenvalue weighted by Gasteiger charge is 2.15. The molecule has 112 valence electrons. The number of halogens is 2. The third kappa shape index (κ3) is 3.23. The first-order valence-electron chi connectivity index (χ1n) is 6.31. The van der Waals surface area contributed by atoms with Crippen LogP contribution in [0.25, 0.3) is 0 Å². The van der Waals surface area contributed by atoms with E-state index in [0.717, 1.165) is 10.0 Å². The highest BCUT2D eigenvalue weighted by molar-refractivity contribution is 9.10. The summed E-state index contributed by atoms with van der Waals surface area (Å²) < 4.78 is 11.4. The van der Waals surface area contributed by atoms with E-state index in [-0.39, 0.29) is 12.7 Å². The minimum Gasteiger partial charge on any atom is -0.454 e. The van der Waals surface area contributed by atoms with Gasteiger partial charge in [-0.15, -0.1) is 0 Å². The Hall–Kier alpha value is -2.05. The molecule has 1 aliphatic rings. The lowest BCUT2D eigenvalue weighted by Crippen LogP contribution is -2.17. The van der Waals surface area contributed by atoms with Crippen LogP contribution in [0.15, 0.2) is 46.0 Å². The second kappa shape index (κ2) is 6.37. The fourth-order valence-corrected chi connectivity index (χ4v) is 2.41. The number of nitrogens with one attached hydrogen (secondary N) is 1. The maximum atomic E-state index is 11.9. The lowest BCUT2D eigenvalue weighted by Gasteiger charge is -2.02. The van der Waals surface area contributed by atoms with E-state index >= 15 is 0 Å². The standard InChI is InChI=1S/C15H10BrClN2O3/c16-12-6-14-13(21-8-22-14)5-10(12)7-18-19-15(20)9-1-3-11(17)4-2-9/h1-7H,8H2,(H,19,20). The van der Waals surface area contributed by atoms with Gasteiger partial charge in [-0.05, 0) is 52.3 Å². The molecule has 22 heavy (non-hydrogen) atoms. The summed E-state index contributed by atoms with van der Waals surface area (Å²) >= 11 is 9.19. The molecule has 2 aromatic rings. The number of fused-ring (bicyclic) bond motifs is 1. The molecule has 0 aliphatic carbocycles. The van der Waals surface area contributed by atoms with Crippen LogP contribution in [0.2, 0.25) is 5.02 Å². The second-order valence-electron chi connectivity index (χ2n) is 4.43. The average Bonchev–Trinajstić information content (AvgIpc) is 2.95. The molecule has 7 heteroatoms. The van der Waals surface area contributed by atoms with E-state index < -0.39 is 0 Å². The third-order valence-corrected chi connectivity index (χ3v) is 3.91. The molecule has 1 N–H and O–H groups in total. The first kappa shape index (κ1) is 14.9. The average molecular weight is 382 g/mol. The summed E-state index contributed by atoms with van der Waals surface area (Å²) in [4.78, 5) is 11.9. The monoisotopic (exact) mass is 380 g/mol. The molecular weight excluding hydrogens is 372 g/mol. The number of benzene rings is 2. The van der Waals surface area contributed by atoms with Crippen molar-refractivity contribution in [2.24, 2.45) is 5.10 Å². The molecule has 0 unspecified atom stereocenters. The van der Waals surface area contributed by atoms with Gasteiger partial charge in [0, 0.05) is 20.6 Å². The molecule has 0 bridgehead atoms. The van der Waals surface area contributed by atoms with Crippen LogP contribution in [0.4, 0.5) is 0 Å². The van der Waals surface area contributed by atoms with E-state index in [4.69, 9.17) is 21.1 Å². The number of hydrogen-bond donors (Lipinski definition) is 1. The Labute approximate surface area is 140 Å². The van der Waals surface area contributed by atoms with Crippen molar-refractivity contribution in [3.05, 3.63) is 57.0 Å². The predicted molar refractivity (Wildman–Crippen MR) is 86.8 cm³/mol. The molecule has 3 rings (SSSR count). The van der Waals surface area contributed by atoms with Crippen molar-refractivity contribution in [2.75, 3.05) is 6.79 Å². The summed E-state index contributed by atoms with van der Waals surface area (Å²) in [7, 11) is 0. The molecular formula is C15H10BrClN2O3. The molecule has 1 heterocycles. The number of amides is 1. The number of ether oxygens (including phenoxy) is 2. The van der Waals surface area contributed by atoms with Crippen LogP contribution in [0.1, 0.15) is 15.9 Å². The zero-order valence-electron chi connectivity index (χ0n) is 11.2. The number of nitrogens with zero attached hydrogens (tertiary/aromatic N) is 1. The lowest BCUT2D eigenvalue weighted by molar-refractivity contribution is 0.0955. The molecule has 1 aliphatic heterocycles. The van der Waals surface area contributed by atoms with Crippen LogP contribution in [0.3, 0.4) is 0 Å². The van der Waals surface area contributed by atoms with E-state index in [0.29, 0.717) is 22.1 Å². The van der Waals surface area contributed by atoms with Crippen molar-refractivity contribution in [2.45, 2.75) is 0 Å². The highest BCUT2D eigenvalue weighted by Crippen LogP contribution is 2.36. The SMILES string of the molecule is O=C(NN=Cc1cc2c(cc1Br)OCO2)c1ccc(Cl)cc1. The van der Waals surface area contributed by atoms with Gasteiger partial charge in [-0.3, -0.25) is 4.79 Å². The van der Waals surface area contributed by atoms with Crippen molar-refractivity contribution in [1.29, 1.82) is 0 Å². The van der Waals surface area contributed by atoms with Gasteiger partial charge in [-0.2, -0.15) is 5.10 Å².